The highest BCUT2D eigenvalue weighted by atomic mass is 16.2. The molecular weight excluding hydrogens is 424 g/mol. The van der Waals surface area contributed by atoms with Crippen LogP contribution in [0.5, 0.6) is 0 Å². The quantitative estimate of drug-likeness (QED) is 0.449. The number of hydrogen-bond donors (Lipinski definition) is 2. The van der Waals surface area contributed by atoms with Crippen LogP contribution in [-0.2, 0) is 4.79 Å². The van der Waals surface area contributed by atoms with Crippen molar-refractivity contribution in [2.75, 3.05) is 38.0 Å². The van der Waals surface area contributed by atoms with E-state index in [1.165, 1.54) is 0 Å². The van der Waals surface area contributed by atoms with Crippen molar-refractivity contribution in [2.45, 2.75) is 6.42 Å². The SMILES string of the molecule is O=C(CCN1CCN(C(=O)c2cc3ccccc3[nH]2)CC1)Nc1ccccc1-c1ccccc1. The summed E-state index contributed by atoms with van der Waals surface area (Å²) in [6.07, 6.45) is 0.416. The molecule has 5 rings (SSSR count). The van der Waals surface area contributed by atoms with Crippen LogP contribution in [0.1, 0.15) is 16.9 Å². The zero-order chi connectivity index (χ0) is 23.3. The number of H-pyrrole nitrogens is 1. The van der Waals surface area contributed by atoms with Crippen LogP contribution in [0.15, 0.2) is 84.9 Å². The van der Waals surface area contributed by atoms with Crippen molar-refractivity contribution in [3.63, 3.8) is 0 Å². The third-order valence-corrected chi connectivity index (χ3v) is 6.36. The topological polar surface area (TPSA) is 68.4 Å². The van der Waals surface area contributed by atoms with Crippen LogP contribution in [0.3, 0.4) is 0 Å². The molecule has 0 bridgehead atoms. The van der Waals surface area contributed by atoms with Gasteiger partial charge in [0.05, 0.1) is 0 Å². The van der Waals surface area contributed by atoms with Crippen LogP contribution in [-0.4, -0.2) is 59.3 Å². The summed E-state index contributed by atoms with van der Waals surface area (Å²) in [4.78, 5) is 32.9. The highest BCUT2D eigenvalue weighted by Gasteiger charge is 2.23. The monoisotopic (exact) mass is 452 g/mol. The Hall–Kier alpha value is -3.90. The number of benzene rings is 3. The molecule has 1 fully saturated rings. The van der Waals surface area contributed by atoms with Gasteiger partial charge in [-0.25, -0.2) is 0 Å². The maximum Gasteiger partial charge on any atom is 0.270 e. The van der Waals surface area contributed by atoms with Crippen molar-refractivity contribution in [1.29, 1.82) is 0 Å². The fraction of sp³-hybridized carbons (Fsp3) is 0.214. The number of para-hydroxylation sites is 2. The molecule has 2 heterocycles. The number of carbonyl (C=O) groups is 2. The van der Waals surface area contributed by atoms with Gasteiger partial charge in [-0.1, -0.05) is 66.7 Å². The molecule has 1 aliphatic rings. The summed E-state index contributed by atoms with van der Waals surface area (Å²) in [6, 6.07) is 27.8. The Bertz CT molecular complexity index is 1260. The van der Waals surface area contributed by atoms with Gasteiger partial charge in [-0.05, 0) is 23.8 Å². The largest absolute Gasteiger partial charge is 0.351 e. The van der Waals surface area contributed by atoms with Crippen molar-refractivity contribution >= 4 is 28.4 Å². The van der Waals surface area contributed by atoms with Crippen molar-refractivity contribution < 1.29 is 9.59 Å². The van der Waals surface area contributed by atoms with Crippen molar-refractivity contribution in [3.8, 4) is 11.1 Å². The lowest BCUT2D eigenvalue weighted by Crippen LogP contribution is -2.49. The first-order chi connectivity index (χ1) is 16.7. The van der Waals surface area contributed by atoms with Gasteiger partial charge in [0.15, 0.2) is 0 Å². The third kappa shape index (κ3) is 4.87. The van der Waals surface area contributed by atoms with Gasteiger partial charge < -0.3 is 15.2 Å². The van der Waals surface area contributed by atoms with Gasteiger partial charge in [0, 0.05) is 61.3 Å². The summed E-state index contributed by atoms with van der Waals surface area (Å²) in [5, 5.41) is 4.12. The Morgan fingerprint density at radius 1 is 0.824 bits per heavy atom. The average molecular weight is 453 g/mol. The van der Waals surface area contributed by atoms with E-state index in [0.29, 0.717) is 31.7 Å². The van der Waals surface area contributed by atoms with E-state index in [0.717, 1.165) is 40.8 Å². The Morgan fingerprint density at radius 2 is 1.53 bits per heavy atom. The van der Waals surface area contributed by atoms with Gasteiger partial charge in [-0.2, -0.15) is 0 Å². The molecule has 172 valence electrons. The first-order valence-electron chi connectivity index (χ1n) is 11.7. The number of anilines is 1. The van der Waals surface area contributed by atoms with Gasteiger partial charge in [0.2, 0.25) is 5.91 Å². The maximum atomic E-state index is 12.9. The molecule has 6 nitrogen and oxygen atoms in total. The number of nitrogens with one attached hydrogen (secondary N) is 2. The Kier molecular flexibility index (Phi) is 6.40. The Morgan fingerprint density at radius 3 is 2.32 bits per heavy atom. The van der Waals surface area contributed by atoms with Crippen molar-refractivity contribution in [1.82, 2.24) is 14.8 Å². The molecule has 3 aromatic carbocycles. The second kappa shape index (κ2) is 9.93. The molecule has 1 aliphatic heterocycles. The molecule has 1 saturated heterocycles. The van der Waals surface area contributed by atoms with Gasteiger partial charge in [-0.15, -0.1) is 0 Å². The van der Waals surface area contributed by atoms with Crippen LogP contribution in [0.25, 0.3) is 22.0 Å². The third-order valence-electron chi connectivity index (χ3n) is 6.36. The molecular formula is C28H28N4O2. The number of aromatic amines is 1. The summed E-state index contributed by atoms with van der Waals surface area (Å²) in [5.41, 5.74) is 4.53. The fourth-order valence-corrected chi connectivity index (χ4v) is 4.47. The number of hydrogen-bond acceptors (Lipinski definition) is 3. The zero-order valence-corrected chi connectivity index (χ0v) is 19.0. The average Bonchev–Trinajstić information content (AvgIpc) is 3.33. The molecule has 0 spiro atoms. The lowest BCUT2D eigenvalue weighted by atomic mass is 10.0. The van der Waals surface area contributed by atoms with Crippen molar-refractivity contribution in [2.24, 2.45) is 0 Å². The van der Waals surface area contributed by atoms with E-state index in [-0.39, 0.29) is 11.8 Å². The number of aromatic nitrogens is 1. The van der Waals surface area contributed by atoms with Crippen LogP contribution < -0.4 is 5.32 Å². The molecule has 0 unspecified atom stereocenters. The number of fused-ring (bicyclic) bond motifs is 1. The molecule has 0 radical (unpaired) electrons. The van der Waals surface area contributed by atoms with Gasteiger partial charge in [-0.3, -0.25) is 14.5 Å². The molecule has 2 N–H and O–H groups in total. The van der Waals surface area contributed by atoms with Gasteiger partial charge in [0.1, 0.15) is 5.69 Å². The smallest absolute Gasteiger partial charge is 0.270 e. The predicted molar refractivity (Wildman–Crippen MR) is 136 cm³/mol. The normalized spacial score (nSPS) is 14.3. The number of piperazine rings is 1. The van der Waals surface area contributed by atoms with Gasteiger partial charge in [0.25, 0.3) is 5.91 Å². The molecule has 34 heavy (non-hydrogen) atoms. The van der Waals surface area contributed by atoms with E-state index < -0.39 is 0 Å². The summed E-state index contributed by atoms with van der Waals surface area (Å²) in [6.45, 7) is 3.52. The minimum atomic E-state index is -0.0000345. The minimum absolute atomic E-state index is 0.0000345. The van der Waals surface area contributed by atoms with Crippen LogP contribution in [0, 0.1) is 0 Å². The molecule has 0 saturated carbocycles. The first kappa shape index (κ1) is 21.9. The standard InChI is InChI=1S/C28H28N4O2/c33-27(30-25-13-7-5-11-23(25)21-8-2-1-3-9-21)14-15-31-16-18-32(19-17-31)28(34)26-20-22-10-4-6-12-24(22)29-26/h1-13,20,29H,14-19H2,(H,30,33). The number of nitrogens with zero attached hydrogens (tertiary/aromatic N) is 2. The minimum Gasteiger partial charge on any atom is -0.351 e. The molecule has 1 aromatic heterocycles. The molecule has 0 atom stereocenters. The number of rotatable bonds is 6. The number of amides is 2. The highest BCUT2D eigenvalue weighted by Crippen LogP contribution is 2.27. The summed E-state index contributed by atoms with van der Waals surface area (Å²) in [5.74, 6) is 0.0334. The molecule has 0 aliphatic carbocycles. The summed E-state index contributed by atoms with van der Waals surface area (Å²) in [7, 11) is 0. The lowest BCUT2D eigenvalue weighted by Gasteiger charge is -2.34. The highest BCUT2D eigenvalue weighted by molar-refractivity contribution is 5.98. The van der Waals surface area contributed by atoms with E-state index in [1.807, 2.05) is 89.8 Å². The van der Waals surface area contributed by atoms with E-state index in [9.17, 15) is 9.59 Å². The lowest BCUT2D eigenvalue weighted by molar-refractivity contribution is -0.116. The van der Waals surface area contributed by atoms with E-state index in [2.05, 4.69) is 15.2 Å². The van der Waals surface area contributed by atoms with Crippen LogP contribution in [0.2, 0.25) is 0 Å². The van der Waals surface area contributed by atoms with Crippen LogP contribution >= 0.6 is 0 Å². The van der Waals surface area contributed by atoms with Crippen LogP contribution in [0.4, 0.5) is 5.69 Å². The maximum absolute atomic E-state index is 12.9. The van der Waals surface area contributed by atoms with E-state index >= 15 is 0 Å². The van der Waals surface area contributed by atoms with Crippen molar-refractivity contribution in [3.05, 3.63) is 90.6 Å². The first-order valence-corrected chi connectivity index (χ1v) is 11.7. The second-order valence-corrected chi connectivity index (χ2v) is 8.61. The van der Waals surface area contributed by atoms with E-state index in [1.54, 1.807) is 0 Å². The van der Waals surface area contributed by atoms with E-state index in [4.69, 9.17) is 0 Å². The van der Waals surface area contributed by atoms with Gasteiger partial charge >= 0.3 is 0 Å². The zero-order valence-electron chi connectivity index (χ0n) is 19.0. The second-order valence-electron chi connectivity index (χ2n) is 8.61. The summed E-state index contributed by atoms with van der Waals surface area (Å²) >= 11 is 0. The molecule has 4 aromatic rings. The summed E-state index contributed by atoms with van der Waals surface area (Å²) < 4.78 is 0. The fourth-order valence-electron chi connectivity index (χ4n) is 4.47. The number of carbonyl (C=O) groups excluding carboxylic acids is 2. The Labute approximate surface area is 199 Å². The molecule has 6 heteroatoms. The predicted octanol–water partition coefficient (Wildman–Crippen LogP) is 4.62. The Balaban J connectivity index is 1.12. The molecule has 2 amide bonds.